The van der Waals surface area contributed by atoms with Crippen LogP contribution in [-0.2, 0) is 0 Å². The van der Waals surface area contributed by atoms with Crippen molar-refractivity contribution in [3.63, 3.8) is 0 Å². The van der Waals surface area contributed by atoms with Crippen LogP contribution in [0.2, 0.25) is 0 Å². The number of nitrogens with one attached hydrogen (secondary N) is 1. The van der Waals surface area contributed by atoms with E-state index in [-0.39, 0.29) is 0 Å². The van der Waals surface area contributed by atoms with Crippen molar-refractivity contribution >= 4 is 0 Å². The zero-order valence-electron chi connectivity index (χ0n) is 11.6. The van der Waals surface area contributed by atoms with Crippen molar-refractivity contribution in [3.05, 3.63) is 12.2 Å². The van der Waals surface area contributed by atoms with Crippen LogP contribution in [0.1, 0.15) is 41.0 Å². The third kappa shape index (κ3) is 3.60. The molecule has 0 amide bonds. The van der Waals surface area contributed by atoms with Gasteiger partial charge in [0, 0.05) is 31.2 Å². The van der Waals surface area contributed by atoms with Crippen LogP contribution in [-0.4, -0.2) is 36.1 Å². The van der Waals surface area contributed by atoms with Crippen LogP contribution in [0, 0.1) is 5.92 Å². The van der Waals surface area contributed by atoms with Crippen LogP contribution in [0.4, 0.5) is 0 Å². The highest BCUT2D eigenvalue weighted by Gasteiger charge is 2.26. The molecule has 1 saturated heterocycles. The third-order valence-corrected chi connectivity index (χ3v) is 3.83. The van der Waals surface area contributed by atoms with Gasteiger partial charge in [0.15, 0.2) is 0 Å². The van der Waals surface area contributed by atoms with Crippen molar-refractivity contribution in [2.45, 2.75) is 52.6 Å². The fourth-order valence-electron chi connectivity index (χ4n) is 2.33. The van der Waals surface area contributed by atoms with E-state index in [4.69, 9.17) is 0 Å². The molecule has 0 aliphatic carbocycles. The summed E-state index contributed by atoms with van der Waals surface area (Å²) in [7, 11) is 0. The summed E-state index contributed by atoms with van der Waals surface area (Å²) in [4.78, 5) is 2.57. The summed E-state index contributed by atoms with van der Waals surface area (Å²) >= 11 is 0. The number of hydrogen-bond acceptors (Lipinski definition) is 2. The van der Waals surface area contributed by atoms with Crippen LogP contribution in [0.3, 0.4) is 0 Å². The molecule has 2 heteroatoms. The van der Waals surface area contributed by atoms with E-state index in [0.29, 0.717) is 17.5 Å². The Morgan fingerprint density at radius 2 is 2.00 bits per heavy atom. The second kappa shape index (κ2) is 5.33. The summed E-state index contributed by atoms with van der Waals surface area (Å²) in [5, 5.41) is 3.66. The summed E-state index contributed by atoms with van der Waals surface area (Å²) in [6, 6.07) is 0.602. The van der Waals surface area contributed by atoms with Crippen molar-refractivity contribution in [3.8, 4) is 0 Å². The van der Waals surface area contributed by atoms with E-state index in [1.165, 1.54) is 18.5 Å². The average molecular weight is 224 g/mol. The predicted octanol–water partition coefficient (Wildman–Crippen LogP) is 2.66. The molecule has 2 nitrogen and oxygen atoms in total. The van der Waals surface area contributed by atoms with Crippen molar-refractivity contribution in [2.75, 3.05) is 19.6 Å². The molecule has 16 heavy (non-hydrogen) atoms. The van der Waals surface area contributed by atoms with Gasteiger partial charge in [-0.1, -0.05) is 19.1 Å². The van der Waals surface area contributed by atoms with Gasteiger partial charge in [0.25, 0.3) is 0 Å². The minimum atomic E-state index is 0.295. The van der Waals surface area contributed by atoms with Gasteiger partial charge in [-0.05, 0) is 40.0 Å². The Bertz CT molecular complexity index is 240. The topological polar surface area (TPSA) is 15.3 Å². The van der Waals surface area contributed by atoms with Crippen LogP contribution >= 0.6 is 0 Å². The van der Waals surface area contributed by atoms with Gasteiger partial charge in [-0.3, -0.25) is 4.90 Å². The molecule has 0 aromatic heterocycles. The molecule has 1 aliphatic rings. The molecule has 0 spiro atoms. The Morgan fingerprint density at radius 3 is 2.50 bits per heavy atom. The Kier molecular flexibility index (Phi) is 4.57. The summed E-state index contributed by atoms with van der Waals surface area (Å²) in [6.07, 6.45) is 1.23. The molecule has 2 atom stereocenters. The molecule has 0 radical (unpaired) electrons. The molecule has 1 heterocycles. The smallest absolute Gasteiger partial charge is 0.0142 e. The second-order valence-corrected chi connectivity index (χ2v) is 6.14. The van der Waals surface area contributed by atoms with Gasteiger partial charge in [-0.2, -0.15) is 0 Å². The van der Waals surface area contributed by atoms with Crippen LogP contribution in [0.25, 0.3) is 0 Å². The molecule has 1 N–H and O–H groups in total. The van der Waals surface area contributed by atoms with E-state index in [1.807, 2.05) is 0 Å². The summed E-state index contributed by atoms with van der Waals surface area (Å²) in [5.74, 6) is 0.583. The van der Waals surface area contributed by atoms with Gasteiger partial charge >= 0.3 is 0 Å². The number of rotatable bonds is 2. The molecular weight excluding hydrogens is 196 g/mol. The first-order valence-electron chi connectivity index (χ1n) is 6.46. The van der Waals surface area contributed by atoms with Gasteiger partial charge in [0.2, 0.25) is 0 Å². The van der Waals surface area contributed by atoms with Crippen molar-refractivity contribution in [1.82, 2.24) is 10.2 Å². The maximum Gasteiger partial charge on any atom is 0.0142 e. The van der Waals surface area contributed by atoms with E-state index in [2.05, 4.69) is 51.4 Å². The first-order valence-corrected chi connectivity index (χ1v) is 6.46. The number of hydrogen-bond donors (Lipinski definition) is 1. The summed E-state index contributed by atoms with van der Waals surface area (Å²) < 4.78 is 0. The fraction of sp³-hybridized carbons (Fsp3) is 0.857. The molecule has 0 aromatic rings. The van der Waals surface area contributed by atoms with Crippen LogP contribution in [0.5, 0.6) is 0 Å². The lowest BCUT2D eigenvalue weighted by atomic mass is 9.93. The average Bonchev–Trinajstić information content (AvgIpc) is 2.40. The summed E-state index contributed by atoms with van der Waals surface area (Å²) in [5.41, 5.74) is 1.59. The van der Waals surface area contributed by atoms with Gasteiger partial charge in [0.05, 0.1) is 0 Å². The van der Waals surface area contributed by atoms with E-state index in [9.17, 15) is 0 Å². The Labute approximate surface area is 101 Å². The maximum absolute atomic E-state index is 4.08. The lowest BCUT2D eigenvalue weighted by molar-refractivity contribution is 0.145. The molecule has 1 aliphatic heterocycles. The molecule has 0 saturated carbocycles. The highest BCUT2D eigenvalue weighted by atomic mass is 15.2. The Hall–Kier alpha value is -0.340. The SMILES string of the molecule is C=C(C)C(C)C1CCN(C(C)(C)C)CCN1. The quantitative estimate of drug-likeness (QED) is 0.726. The van der Waals surface area contributed by atoms with Gasteiger partial charge in [-0.25, -0.2) is 0 Å². The minimum absolute atomic E-state index is 0.295. The third-order valence-electron chi connectivity index (χ3n) is 3.83. The zero-order valence-corrected chi connectivity index (χ0v) is 11.6. The molecule has 94 valence electrons. The van der Waals surface area contributed by atoms with Gasteiger partial charge < -0.3 is 5.32 Å². The standard InChI is InChI=1S/C14H28N2/c1-11(2)12(3)13-7-9-16(10-8-15-13)14(4,5)6/h12-13,15H,1,7-10H2,2-6H3. The molecule has 1 fully saturated rings. The van der Waals surface area contributed by atoms with E-state index in [1.54, 1.807) is 0 Å². The normalized spacial score (nSPS) is 26.2. The molecule has 0 bridgehead atoms. The molecule has 1 rings (SSSR count). The fourth-order valence-corrected chi connectivity index (χ4v) is 2.33. The molecular formula is C14H28N2. The first-order chi connectivity index (χ1) is 7.32. The lowest BCUT2D eigenvalue weighted by Crippen LogP contribution is -2.43. The highest BCUT2D eigenvalue weighted by Crippen LogP contribution is 2.20. The summed E-state index contributed by atoms with van der Waals surface area (Å²) in [6.45, 7) is 18.8. The Balaban J connectivity index is 2.56. The van der Waals surface area contributed by atoms with Crippen LogP contribution < -0.4 is 5.32 Å². The van der Waals surface area contributed by atoms with Gasteiger partial charge in [0.1, 0.15) is 0 Å². The minimum Gasteiger partial charge on any atom is -0.312 e. The van der Waals surface area contributed by atoms with E-state index < -0.39 is 0 Å². The van der Waals surface area contributed by atoms with Gasteiger partial charge in [-0.15, -0.1) is 0 Å². The second-order valence-electron chi connectivity index (χ2n) is 6.14. The maximum atomic E-state index is 4.08. The predicted molar refractivity (Wildman–Crippen MR) is 71.7 cm³/mol. The van der Waals surface area contributed by atoms with E-state index in [0.717, 1.165) is 13.1 Å². The molecule has 2 unspecified atom stereocenters. The monoisotopic (exact) mass is 224 g/mol. The Morgan fingerprint density at radius 1 is 1.38 bits per heavy atom. The van der Waals surface area contributed by atoms with Crippen molar-refractivity contribution < 1.29 is 0 Å². The molecule has 0 aromatic carbocycles. The van der Waals surface area contributed by atoms with Crippen molar-refractivity contribution in [2.24, 2.45) is 5.92 Å². The number of nitrogens with zero attached hydrogens (tertiary/aromatic N) is 1. The van der Waals surface area contributed by atoms with E-state index >= 15 is 0 Å². The van der Waals surface area contributed by atoms with Crippen molar-refractivity contribution in [1.29, 1.82) is 0 Å². The highest BCUT2D eigenvalue weighted by molar-refractivity contribution is 5.00. The van der Waals surface area contributed by atoms with Crippen LogP contribution in [0.15, 0.2) is 12.2 Å². The zero-order chi connectivity index (χ0) is 12.3. The largest absolute Gasteiger partial charge is 0.312 e. The lowest BCUT2D eigenvalue weighted by Gasteiger charge is -2.34. The first kappa shape index (κ1) is 13.7.